The van der Waals surface area contributed by atoms with Crippen molar-refractivity contribution in [1.82, 2.24) is 0 Å². The second kappa shape index (κ2) is 5.61. The average molecular weight is 362 g/mol. The molecule has 0 rings (SSSR count). The summed E-state index contributed by atoms with van der Waals surface area (Å²) < 4.78 is 170. The first-order valence-electron chi connectivity index (χ1n) is 4.40. The van der Waals surface area contributed by atoms with Crippen LogP contribution in [0, 0.1) is 0 Å². The van der Waals surface area contributed by atoms with Crippen molar-refractivity contribution in [1.29, 1.82) is 0 Å². The van der Waals surface area contributed by atoms with E-state index in [0.29, 0.717) is 0 Å². The summed E-state index contributed by atoms with van der Waals surface area (Å²) in [5, 5.41) is 0. The first-order chi connectivity index (χ1) is 9.42. The lowest BCUT2D eigenvalue weighted by molar-refractivity contribution is -0.348. The normalized spacial score (nSPS) is 15.5. The number of halogens is 14. The molecular weight excluding hydrogens is 362 g/mol. The highest BCUT2D eigenvalue weighted by Crippen LogP contribution is 2.52. The first kappa shape index (κ1) is 20.5. The van der Waals surface area contributed by atoms with Crippen LogP contribution in [0.2, 0.25) is 0 Å². The molecule has 0 fully saturated rings. The molecule has 0 atom stereocenters. The van der Waals surface area contributed by atoms with Gasteiger partial charge in [0.1, 0.15) is 0 Å². The van der Waals surface area contributed by atoms with E-state index in [0.717, 1.165) is 0 Å². The topological polar surface area (TPSA) is 0 Å². The fourth-order valence-corrected chi connectivity index (χ4v) is 0.807. The Labute approximate surface area is 110 Å². The Morgan fingerprint density at radius 1 is 0.500 bits per heavy atom. The lowest BCUT2D eigenvalue weighted by Gasteiger charge is -2.27. The molecule has 0 saturated carbocycles. The maximum Gasteiger partial charge on any atom is 0.460 e. The Morgan fingerprint density at radius 2 is 0.864 bits per heavy atom. The van der Waals surface area contributed by atoms with E-state index in [9.17, 15) is 61.5 Å². The van der Waals surface area contributed by atoms with Crippen LogP contribution in [0.5, 0.6) is 0 Å². The van der Waals surface area contributed by atoms with Crippen LogP contribution < -0.4 is 0 Å². The number of alkyl halides is 9. The van der Waals surface area contributed by atoms with Crippen molar-refractivity contribution in [2.75, 3.05) is 0 Å². The van der Waals surface area contributed by atoms with Crippen LogP contribution >= 0.6 is 0 Å². The predicted octanol–water partition coefficient (Wildman–Crippen LogP) is 5.68. The fourth-order valence-electron chi connectivity index (χ4n) is 0.807. The molecule has 0 aromatic carbocycles. The molecule has 0 spiro atoms. The largest absolute Gasteiger partial charge is 0.460 e. The van der Waals surface area contributed by atoms with Gasteiger partial charge in [0.15, 0.2) is 0 Å². The minimum atomic E-state index is -7.38. The average Bonchev–Trinajstić information content (AvgIpc) is 2.33. The van der Waals surface area contributed by atoms with Crippen LogP contribution in [0.15, 0.2) is 23.6 Å². The summed E-state index contributed by atoms with van der Waals surface area (Å²) in [4.78, 5) is 0. The molecule has 0 saturated heterocycles. The molecule has 0 heterocycles. The van der Waals surface area contributed by atoms with Gasteiger partial charge in [0.25, 0.3) is 0 Å². The third-order valence-electron chi connectivity index (χ3n) is 1.94. The van der Waals surface area contributed by atoms with Crippen LogP contribution in [0.4, 0.5) is 61.5 Å². The lowest BCUT2D eigenvalue weighted by Crippen LogP contribution is -2.52. The van der Waals surface area contributed by atoms with E-state index in [1.165, 1.54) is 0 Å². The van der Waals surface area contributed by atoms with Gasteiger partial charge in [0.05, 0.1) is 0 Å². The number of allylic oxidation sites excluding steroid dienone is 3. The molecule has 0 aromatic rings. The summed E-state index contributed by atoms with van der Waals surface area (Å²) in [5.74, 6) is -34.6. The highest BCUT2D eigenvalue weighted by molar-refractivity contribution is 5.27. The molecule has 0 amide bonds. The van der Waals surface area contributed by atoms with Gasteiger partial charge in [-0.3, -0.25) is 0 Å². The Kier molecular flexibility index (Phi) is 5.22. The summed E-state index contributed by atoms with van der Waals surface area (Å²) in [6.45, 7) is 0. The molecule has 0 radical (unpaired) electrons. The van der Waals surface area contributed by atoms with Crippen molar-refractivity contribution in [3.8, 4) is 0 Å². The third-order valence-corrected chi connectivity index (χ3v) is 1.94. The Morgan fingerprint density at radius 3 is 1.14 bits per heavy atom. The van der Waals surface area contributed by atoms with E-state index in [2.05, 4.69) is 0 Å². The third kappa shape index (κ3) is 3.14. The van der Waals surface area contributed by atoms with Crippen molar-refractivity contribution in [2.24, 2.45) is 0 Å². The predicted molar refractivity (Wildman–Crippen MR) is 40.5 cm³/mol. The molecule has 0 aliphatic rings. The van der Waals surface area contributed by atoms with Crippen LogP contribution in [0.25, 0.3) is 0 Å². The molecule has 0 unspecified atom stereocenters. The lowest BCUT2D eigenvalue weighted by atomic mass is 10.1. The van der Waals surface area contributed by atoms with Crippen molar-refractivity contribution in [3.05, 3.63) is 23.6 Å². The molecule has 130 valence electrons. The molecule has 0 N–H and O–H groups in total. The first-order valence-corrected chi connectivity index (χ1v) is 4.40. The number of hydrogen-bond acceptors (Lipinski definition) is 0. The molecule has 0 nitrogen and oxygen atoms in total. The number of hydrogen-bond donors (Lipinski definition) is 0. The molecule has 0 bridgehead atoms. The maximum absolute atomic E-state index is 12.6. The fraction of sp³-hybridized carbons (Fsp3) is 0.500. The second-order valence-electron chi connectivity index (χ2n) is 3.42. The van der Waals surface area contributed by atoms with Gasteiger partial charge in [-0.25, -0.2) is 8.78 Å². The van der Waals surface area contributed by atoms with E-state index >= 15 is 0 Å². The van der Waals surface area contributed by atoms with Crippen LogP contribution in [0.1, 0.15) is 0 Å². The zero-order valence-electron chi connectivity index (χ0n) is 9.29. The van der Waals surface area contributed by atoms with E-state index < -0.39 is 47.5 Å². The Balaban J connectivity index is 6.23. The van der Waals surface area contributed by atoms with Gasteiger partial charge in [-0.2, -0.15) is 52.7 Å². The quantitative estimate of drug-likeness (QED) is 0.565. The van der Waals surface area contributed by atoms with Gasteiger partial charge in [-0.15, -0.1) is 0 Å². The van der Waals surface area contributed by atoms with Gasteiger partial charge >= 0.3 is 30.0 Å². The van der Waals surface area contributed by atoms with Crippen molar-refractivity contribution < 1.29 is 61.5 Å². The van der Waals surface area contributed by atoms with Gasteiger partial charge in [0, 0.05) is 0 Å². The van der Waals surface area contributed by atoms with Gasteiger partial charge in [0.2, 0.25) is 17.5 Å². The highest BCUT2D eigenvalue weighted by atomic mass is 19.4. The summed E-state index contributed by atoms with van der Waals surface area (Å²) in [6.07, 6.45) is -11.3. The van der Waals surface area contributed by atoms with Crippen molar-refractivity contribution in [2.45, 2.75) is 23.9 Å². The SMILES string of the molecule is FC(F)=C(F)C(F)(F)C(F)=C(F)C(F)(F)C(F)(F)C(F)(F)F. The minimum Gasteiger partial charge on any atom is -0.202 e. The molecule has 14 heteroatoms. The van der Waals surface area contributed by atoms with Crippen molar-refractivity contribution in [3.63, 3.8) is 0 Å². The van der Waals surface area contributed by atoms with E-state index in [-0.39, 0.29) is 0 Å². The zero-order valence-corrected chi connectivity index (χ0v) is 9.29. The molecule has 0 aromatic heterocycles. The van der Waals surface area contributed by atoms with E-state index in [4.69, 9.17) is 0 Å². The van der Waals surface area contributed by atoms with E-state index in [1.807, 2.05) is 0 Å². The van der Waals surface area contributed by atoms with Crippen LogP contribution in [-0.4, -0.2) is 23.9 Å². The van der Waals surface area contributed by atoms with Gasteiger partial charge < -0.3 is 0 Å². The second-order valence-corrected chi connectivity index (χ2v) is 3.42. The molecular formula is C8F14. The zero-order chi connectivity index (χ0) is 18.3. The molecule has 0 aliphatic heterocycles. The summed E-state index contributed by atoms with van der Waals surface area (Å²) in [6, 6.07) is 0. The standard InChI is InChI=1S/C8F14/c9-1(5(14,15)3(11)4(12)13)2(10)6(16,17)7(18,19)8(20,21)22. The Hall–Kier alpha value is -1.50. The summed E-state index contributed by atoms with van der Waals surface area (Å²) >= 11 is 0. The monoisotopic (exact) mass is 362 g/mol. The van der Waals surface area contributed by atoms with E-state index in [1.54, 1.807) is 0 Å². The van der Waals surface area contributed by atoms with Crippen LogP contribution in [-0.2, 0) is 0 Å². The smallest absolute Gasteiger partial charge is 0.202 e. The maximum atomic E-state index is 12.6. The van der Waals surface area contributed by atoms with Crippen LogP contribution in [0.3, 0.4) is 0 Å². The van der Waals surface area contributed by atoms with Gasteiger partial charge in [-0.05, 0) is 0 Å². The highest BCUT2D eigenvalue weighted by Gasteiger charge is 2.76. The Bertz CT molecular complexity index is 487. The summed E-state index contributed by atoms with van der Waals surface area (Å²) in [7, 11) is 0. The summed E-state index contributed by atoms with van der Waals surface area (Å²) in [5.41, 5.74) is 0. The van der Waals surface area contributed by atoms with Gasteiger partial charge in [-0.1, -0.05) is 0 Å². The number of rotatable bonds is 4. The molecule has 22 heavy (non-hydrogen) atoms. The van der Waals surface area contributed by atoms with Crippen molar-refractivity contribution >= 4 is 0 Å². The molecule has 0 aliphatic carbocycles. The minimum absolute atomic E-state index is 4.04.